The molecule has 0 radical (unpaired) electrons. The highest BCUT2D eigenvalue weighted by Crippen LogP contribution is 2.11. The van der Waals surface area contributed by atoms with E-state index in [0.29, 0.717) is 6.61 Å². The molecule has 0 aromatic carbocycles. The van der Waals surface area contributed by atoms with Crippen molar-refractivity contribution in [2.45, 2.75) is 45.6 Å². The van der Waals surface area contributed by atoms with E-state index < -0.39 is 0 Å². The van der Waals surface area contributed by atoms with Gasteiger partial charge in [-0.1, -0.05) is 33.1 Å². The molecule has 0 amide bonds. The Morgan fingerprint density at radius 3 is 2.50 bits per heavy atom. The molecule has 1 N–H and O–H groups in total. The number of methoxy groups -OCH3 is 1. The Morgan fingerprint density at radius 1 is 1.33 bits per heavy atom. The third kappa shape index (κ3) is 5.56. The first-order valence-corrected chi connectivity index (χ1v) is 4.89. The van der Waals surface area contributed by atoms with Crippen LogP contribution in [0.15, 0.2) is 0 Å². The maximum Gasteiger partial charge on any atom is 0.0587 e. The zero-order valence-corrected chi connectivity index (χ0v) is 8.55. The van der Waals surface area contributed by atoms with E-state index in [1.165, 1.54) is 12.8 Å². The van der Waals surface area contributed by atoms with Gasteiger partial charge in [0, 0.05) is 13.0 Å². The average Bonchev–Trinajstić information content (AvgIpc) is 2.05. The number of aliphatic hydroxyl groups excluding tert-OH is 1. The van der Waals surface area contributed by atoms with Crippen LogP contribution < -0.4 is 0 Å². The van der Waals surface area contributed by atoms with E-state index in [4.69, 9.17) is 4.74 Å². The van der Waals surface area contributed by atoms with Gasteiger partial charge in [-0.25, -0.2) is 0 Å². The monoisotopic (exact) mass is 174 g/mol. The normalized spacial score (nSPS) is 16.0. The van der Waals surface area contributed by atoms with Gasteiger partial charge in [0.25, 0.3) is 0 Å². The lowest BCUT2D eigenvalue weighted by atomic mass is 10.00. The summed E-state index contributed by atoms with van der Waals surface area (Å²) in [5, 5.41) is 9.60. The van der Waals surface area contributed by atoms with Crippen LogP contribution in [-0.4, -0.2) is 24.9 Å². The highest BCUT2D eigenvalue weighted by molar-refractivity contribution is 4.63. The number of hydrogen-bond acceptors (Lipinski definition) is 2. The molecule has 0 aliphatic heterocycles. The van der Waals surface area contributed by atoms with E-state index in [-0.39, 0.29) is 12.0 Å². The van der Waals surface area contributed by atoms with Crippen LogP contribution in [-0.2, 0) is 4.74 Å². The molecule has 0 aromatic heterocycles. The fourth-order valence-electron chi connectivity index (χ4n) is 1.26. The van der Waals surface area contributed by atoms with Gasteiger partial charge in [0.1, 0.15) is 0 Å². The Morgan fingerprint density at radius 2 is 2.00 bits per heavy atom. The van der Waals surface area contributed by atoms with Crippen molar-refractivity contribution in [3.8, 4) is 0 Å². The molecule has 2 unspecified atom stereocenters. The van der Waals surface area contributed by atoms with E-state index in [9.17, 15) is 5.11 Å². The maximum absolute atomic E-state index is 9.60. The van der Waals surface area contributed by atoms with Crippen molar-refractivity contribution in [3.63, 3.8) is 0 Å². The van der Waals surface area contributed by atoms with Crippen LogP contribution in [0.2, 0.25) is 0 Å². The van der Waals surface area contributed by atoms with E-state index >= 15 is 0 Å². The first-order chi connectivity index (χ1) is 5.72. The first-order valence-electron chi connectivity index (χ1n) is 4.89. The molecule has 0 saturated heterocycles. The summed E-state index contributed by atoms with van der Waals surface area (Å²) >= 11 is 0. The van der Waals surface area contributed by atoms with Crippen molar-refractivity contribution in [1.29, 1.82) is 0 Å². The van der Waals surface area contributed by atoms with Gasteiger partial charge < -0.3 is 9.84 Å². The van der Waals surface area contributed by atoms with Gasteiger partial charge in [-0.3, -0.25) is 0 Å². The summed E-state index contributed by atoms with van der Waals surface area (Å²) in [6.45, 7) is 4.86. The number of hydrogen-bond donors (Lipinski definition) is 1. The third-order valence-electron chi connectivity index (χ3n) is 2.19. The van der Waals surface area contributed by atoms with Crippen molar-refractivity contribution >= 4 is 0 Å². The van der Waals surface area contributed by atoms with Crippen LogP contribution in [0.1, 0.15) is 39.5 Å². The smallest absolute Gasteiger partial charge is 0.0587 e. The van der Waals surface area contributed by atoms with Crippen molar-refractivity contribution in [2.24, 2.45) is 5.92 Å². The number of aliphatic hydroxyl groups is 1. The van der Waals surface area contributed by atoms with Crippen LogP contribution in [0, 0.1) is 5.92 Å². The zero-order chi connectivity index (χ0) is 9.40. The van der Waals surface area contributed by atoms with Crippen molar-refractivity contribution < 1.29 is 9.84 Å². The van der Waals surface area contributed by atoms with Crippen LogP contribution in [0.3, 0.4) is 0 Å². The molecule has 0 spiro atoms. The summed E-state index contributed by atoms with van der Waals surface area (Å²) in [4.78, 5) is 0. The average molecular weight is 174 g/mol. The summed E-state index contributed by atoms with van der Waals surface area (Å²) in [6, 6.07) is 0. The van der Waals surface area contributed by atoms with Gasteiger partial charge in [0.15, 0.2) is 0 Å². The van der Waals surface area contributed by atoms with Crippen molar-refractivity contribution in [1.82, 2.24) is 0 Å². The predicted octanol–water partition coefficient (Wildman–Crippen LogP) is 2.21. The quantitative estimate of drug-likeness (QED) is 0.600. The molecule has 2 atom stereocenters. The minimum absolute atomic E-state index is 0.184. The Hall–Kier alpha value is -0.0800. The minimum atomic E-state index is -0.184. The number of unbranched alkanes of at least 4 members (excludes halogenated alkanes) is 2. The SMILES string of the molecule is CCCCCC(O)C(C)COC. The van der Waals surface area contributed by atoms with Crippen molar-refractivity contribution in [3.05, 3.63) is 0 Å². The second-order valence-electron chi connectivity index (χ2n) is 3.50. The summed E-state index contributed by atoms with van der Waals surface area (Å²) in [6.07, 6.45) is 4.29. The zero-order valence-electron chi connectivity index (χ0n) is 8.55. The summed E-state index contributed by atoms with van der Waals surface area (Å²) < 4.78 is 4.97. The Labute approximate surface area is 75.9 Å². The maximum atomic E-state index is 9.60. The van der Waals surface area contributed by atoms with Gasteiger partial charge in [-0.05, 0) is 6.42 Å². The summed E-state index contributed by atoms with van der Waals surface area (Å²) in [5.41, 5.74) is 0. The lowest BCUT2D eigenvalue weighted by molar-refractivity contribution is 0.0504. The van der Waals surface area contributed by atoms with Crippen LogP contribution in [0.4, 0.5) is 0 Å². The molecule has 0 aliphatic rings. The predicted molar refractivity (Wildman–Crippen MR) is 51.2 cm³/mol. The molecule has 2 heteroatoms. The number of rotatable bonds is 7. The molecule has 0 bridgehead atoms. The standard InChI is InChI=1S/C10H22O2/c1-4-5-6-7-10(11)9(2)8-12-3/h9-11H,4-8H2,1-3H3. The van der Waals surface area contributed by atoms with E-state index in [1.807, 2.05) is 6.92 Å². The summed E-state index contributed by atoms with van der Waals surface area (Å²) in [7, 11) is 1.68. The Balaban J connectivity index is 3.35. The molecule has 74 valence electrons. The lowest BCUT2D eigenvalue weighted by Gasteiger charge is -2.17. The fraction of sp³-hybridized carbons (Fsp3) is 1.00. The highest BCUT2D eigenvalue weighted by Gasteiger charge is 2.12. The molecule has 0 aromatic rings. The molecule has 0 fully saturated rings. The van der Waals surface area contributed by atoms with Crippen LogP contribution >= 0.6 is 0 Å². The van der Waals surface area contributed by atoms with Gasteiger partial charge in [0.05, 0.1) is 12.7 Å². The van der Waals surface area contributed by atoms with E-state index in [0.717, 1.165) is 12.8 Å². The van der Waals surface area contributed by atoms with Gasteiger partial charge in [0.2, 0.25) is 0 Å². The van der Waals surface area contributed by atoms with Crippen LogP contribution in [0.25, 0.3) is 0 Å². The number of ether oxygens (including phenoxy) is 1. The fourth-order valence-corrected chi connectivity index (χ4v) is 1.26. The van der Waals surface area contributed by atoms with E-state index in [2.05, 4.69) is 6.92 Å². The Bertz CT molecular complexity index is 93.8. The van der Waals surface area contributed by atoms with Gasteiger partial charge >= 0.3 is 0 Å². The third-order valence-corrected chi connectivity index (χ3v) is 2.19. The Kier molecular flexibility index (Phi) is 7.51. The van der Waals surface area contributed by atoms with Crippen molar-refractivity contribution in [2.75, 3.05) is 13.7 Å². The molecule has 2 nitrogen and oxygen atoms in total. The minimum Gasteiger partial charge on any atom is -0.393 e. The molecular weight excluding hydrogens is 152 g/mol. The second-order valence-corrected chi connectivity index (χ2v) is 3.50. The molecular formula is C10H22O2. The molecule has 0 heterocycles. The first kappa shape index (κ1) is 11.9. The molecule has 0 rings (SSSR count). The van der Waals surface area contributed by atoms with E-state index in [1.54, 1.807) is 7.11 Å². The van der Waals surface area contributed by atoms with Gasteiger partial charge in [-0.2, -0.15) is 0 Å². The van der Waals surface area contributed by atoms with Gasteiger partial charge in [-0.15, -0.1) is 0 Å². The topological polar surface area (TPSA) is 29.5 Å². The highest BCUT2D eigenvalue weighted by atomic mass is 16.5. The molecule has 0 aliphatic carbocycles. The largest absolute Gasteiger partial charge is 0.393 e. The summed E-state index contributed by atoms with van der Waals surface area (Å²) in [5.74, 6) is 0.270. The second kappa shape index (κ2) is 7.56. The van der Waals surface area contributed by atoms with Crippen LogP contribution in [0.5, 0.6) is 0 Å². The lowest BCUT2D eigenvalue weighted by Crippen LogP contribution is -2.21. The molecule has 12 heavy (non-hydrogen) atoms. The molecule has 0 saturated carbocycles.